The highest BCUT2D eigenvalue weighted by molar-refractivity contribution is 7.80. The summed E-state index contributed by atoms with van der Waals surface area (Å²) in [4.78, 5) is 10.6. The van der Waals surface area contributed by atoms with Crippen molar-refractivity contribution in [3.63, 3.8) is 0 Å². The quantitative estimate of drug-likeness (QED) is 0.508. The van der Waals surface area contributed by atoms with Gasteiger partial charge in [-0.2, -0.15) is 12.6 Å². The van der Waals surface area contributed by atoms with Gasteiger partial charge in [0.05, 0.1) is 11.5 Å². The molecule has 1 aliphatic carbocycles. The molecule has 0 bridgehead atoms. The van der Waals surface area contributed by atoms with Gasteiger partial charge in [-0.25, -0.2) is 0 Å². The smallest absolute Gasteiger partial charge is 0.311 e. The second-order valence-corrected chi connectivity index (χ2v) is 5.65. The molecule has 0 heterocycles. The van der Waals surface area contributed by atoms with Gasteiger partial charge in [0.15, 0.2) is 5.75 Å². The lowest BCUT2D eigenvalue weighted by atomic mass is 9.90. The zero-order valence-electron chi connectivity index (χ0n) is 11.1. The Morgan fingerprint density at radius 1 is 1.42 bits per heavy atom. The third kappa shape index (κ3) is 3.03. The zero-order valence-corrected chi connectivity index (χ0v) is 12.0. The highest BCUT2D eigenvalue weighted by atomic mass is 32.1. The highest BCUT2D eigenvalue weighted by Gasteiger charge is 2.34. The fourth-order valence-electron chi connectivity index (χ4n) is 2.67. The lowest BCUT2D eigenvalue weighted by molar-refractivity contribution is -0.386. The Kier molecular flexibility index (Phi) is 4.34. The van der Waals surface area contributed by atoms with Crippen LogP contribution in [0.25, 0.3) is 0 Å². The van der Waals surface area contributed by atoms with Crippen molar-refractivity contribution in [2.75, 3.05) is 12.4 Å². The van der Waals surface area contributed by atoms with E-state index in [4.69, 9.17) is 4.74 Å². The standard InChI is InChI=1S/C14H19NO3S/c1-11-5-4-6-12(15(16)17)13(11)18-9-14(10-19)7-2-3-8-14/h4-6,19H,2-3,7-10H2,1H3. The summed E-state index contributed by atoms with van der Waals surface area (Å²) in [5, 5.41) is 11.0. The molecule has 0 amide bonds. The summed E-state index contributed by atoms with van der Waals surface area (Å²) in [7, 11) is 0. The Morgan fingerprint density at radius 2 is 2.11 bits per heavy atom. The van der Waals surface area contributed by atoms with Crippen LogP contribution in [0.3, 0.4) is 0 Å². The molecule has 1 aliphatic rings. The molecule has 4 nitrogen and oxygen atoms in total. The third-order valence-electron chi connectivity index (χ3n) is 3.91. The SMILES string of the molecule is Cc1cccc([N+](=O)[O-])c1OCC1(CS)CCCC1. The number of rotatable bonds is 5. The minimum Gasteiger partial charge on any atom is -0.486 e. The van der Waals surface area contributed by atoms with Crippen molar-refractivity contribution < 1.29 is 9.66 Å². The molecule has 0 spiro atoms. The van der Waals surface area contributed by atoms with Gasteiger partial charge >= 0.3 is 5.69 Å². The molecule has 0 atom stereocenters. The molecule has 0 aromatic heterocycles. The van der Waals surface area contributed by atoms with Gasteiger partial charge < -0.3 is 4.74 Å². The van der Waals surface area contributed by atoms with Gasteiger partial charge in [-0.1, -0.05) is 25.0 Å². The molecule has 1 aromatic carbocycles. The van der Waals surface area contributed by atoms with Crippen LogP contribution in [0.2, 0.25) is 0 Å². The van der Waals surface area contributed by atoms with Crippen LogP contribution in [0.5, 0.6) is 5.75 Å². The number of para-hydroxylation sites is 1. The van der Waals surface area contributed by atoms with Crippen molar-refractivity contribution >= 4 is 18.3 Å². The fourth-order valence-corrected chi connectivity index (χ4v) is 3.07. The molecule has 1 saturated carbocycles. The summed E-state index contributed by atoms with van der Waals surface area (Å²) >= 11 is 4.43. The van der Waals surface area contributed by atoms with Gasteiger partial charge in [-0.3, -0.25) is 10.1 Å². The summed E-state index contributed by atoms with van der Waals surface area (Å²) in [5.74, 6) is 1.17. The predicted molar refractivity (Wildman–Crippen MR) is 78.1 cm³/mol. The Hall–Kier alpha value is -1.23. The van der Waals surface area contributed by atoms with Crippen molar-refractivity contribution in [2.24, 2.45) is 5.41 Å². The first-order valence-electron chi connectivity index (χ1n) is 6.56. The average Bonchev–Trinajstić information content (AvgIpc) is 2.86. The molecule has 0 N–H and O–H groups in total. The monoisotopic (exact) mass is 281 g/mol. The van der Waals surface area contributed by atoms with Crippen LogP contribution < -0.4 is 4.74 Å². The molecule has 0 radical (unpaired) electrons. The Morgan fingerprint density at radius 3 is 2.68 bits per heavy atom. The predicted octanol–water partition coefficient (Wildman–Crippen LogP) is 3.77. The van der Waals surface area contributed by atoms with E-state index < -0.39 is 0 Å². The van der Waals surface area contributed by atoms with Gasteiger partial charge in [0.25, 0.3) is 0 Å². The topological polar surface area (TPSA) is 52.4 Å². The van der Waals surface area contributed by atoms with E-state index in [1.54, 1.807) is 6.07 Å². The Bertz CT molecular complexity index is 470. The van der Waals surface area contributed by atoms with E-state index in [0.717, 1.165) is 24.2 Å². The average molecular weight is 281 g/mol. The maximum absolute atomic E-state index is 11.0. The minimum atomic E-state index is -0.385. The van der Waals surface area contributed by atoms with Crippen LogP contribution >= 0.6 is 12.6 Å². The van der Waals surface area contributed by atoms with Crippen LogP contribution in [0, 0.1) is 22.5 Å². The normalized spacial score (nSPS) is 17.4. The van der Waals surface area contributed by atoms with E-state index in [2.05, 4.69) is 12.6 Å². The van der Waals surface area contributed by atoms with Gasteiger partial charge in [0, 0.05) is 11.5 Å². The molecule has 0 saturated heterocycles. The molecule has 5 heteroatoms. The van der Waals surface area contributed by atoms with Gasteiger partial charge in [-0.05, 0) is 31.1 Å². The molecule has 0 unspecified atom stereocenters. The van der Waals surface area contributed by atoms with E-state index in [9.17, 15) is 10.1 Å². The Balaban J connectivity index is 2.17. The lowest BCUT2D eigenvalue weighted by Gasteiger charge is -2.27. The van der Waals surface area contributed by atoms with Crippen LogP contribution in [0.4, 0.5) is 5.69 Å². The number of thiol groups is 1. The first kappa shape index (κ1) is 14.2. The molecular formula is C14H19NO3S. The van der Waals surface area contributed by atoms with E-state index in [-0.39, 0.29) is 16.0 Å². The molecule has 1 fully saturated rings. The maximum atomic E-state index is 11.0. The number of hydrogen-bond donors (Lipinski definition) is 1. The van der Waals surface area contributed by atoms with Gasteiger partial charge in [0.2, 0.25) is 0 Å². The van der Waals surface area contributed by atoms with E-state index in [0.29, 0.717) is 12.4 Å². The number of nitrogens with zero attached hydrogens (tertiary/aromatic N) is 1. The molecule has 19 heavy (non-hydrogen) atoms. The van der Waals surface area contributed by atoms with E-state index in [1.165, 1.54) is 18.9 Å². The lowest BCUT2D eigenvalue weighted by Crippen LogP contribution is -2.27. The second-order valence-electron chi connectivity index (χ2n) is 5.33. The molecular weight excluding hydrogens is 262 g/mol. The minimum absolute atomic E-state index is 0.0484. The first-order chi connectivity index (χ1) is 9.08. The number of nitro benzene ring substituents is 1. The fraction of sp³-hybridized carbons (Fsp3) is 0.571. The number of ether oxygens (including phenoxy) is 1. The van der Waals surface area contributed by atoms with Crippen molar-refractivity contribution in [1.29, 1.82) is 0 Å². The molecule has 104 valence electrons. The first-order valence-corrected chi connectivity index (χ1v) is 7.19. The third-order valence-corrected chi connectivity index (χ3v) is 4.58. The maximum Gasteiger partial charge on any atom is 0.311 e. The van der Waals surface area contributed by atoms with E-state index in [1.807, 2.05) is 13.0 Å². The van der Waals surface area contributed by atoms with Crippen molar-refractivity contribution in [3.8, 4) is 5.75 Å². The van der Waals surface area contributed by atoms with Crippen LogP contribution in [-0.2, 0) is 0 Å². The highest BCUT2D eigenvalue weighted by Crippen LogP contribution is 2.40. The summed E-state index contributed by atoms with van der Waals surface area (Å²) in [6.45, 7) is 2.35. The number of hydrogen-bond acceptors (Lipinski definition) is 4. The zero-order chi connectivity index (χ0) is 13.9. The van der Waals surface area contributed by atoms with Crippen molar-refractivity contribution in [3.05, 3.63) is 33.9 Å². The van der Waals surface area contributed by atoms with Crippen molar-refractivity contribution in [2.45, 2.75) is 32.6 Å². The number of nitro groups is 1. The van der Waals surface area contributed by atoms with Gasteiger partial charge in [0.1, 0.15) is 0 Å². The summed E-state index contributed by atoms with van der Waals surface area (Å²) in [6, 6.07) is 5.01. The number of benzene rings is 1. The van der Waals surface area contributed by atoms with Crippen molar-refractivity contribution in [1.82, 2.24) is 0 Å². The summed E-state index contributed by atoms with van der Waals surface area (Å²) in [5.41, 5.74) is 0.938. The summed E-state index contributed by atoms with van der Waals surface area (Å²) < 4.78 is 5.82. The summed E-state index contributed by atoms with van der Waals surface area (Å²) in [6.07, 6.45) is 4.58. The van der Waals surface area contributed by atoms with Crippen LogP contribution in [0.1, 0.15) is 31.2 Å². The number of aryl methyl sites for hydroxylation is 1. The molecule has 0 aliphatic heterocycles. The van der Waals surface area contributed by atoms with Gasteiger partial charge in [-0.15, -0.1) is 0 Å². The Labute approximate surface area is 118 Å². The second kappa shape index (κ2) is 5.82. The van der Waals surface area contributed by atoms with Crippen LogP contribution in [-0.4, -0.2) is 17.3 Å². The van der Waals surface area contributed by atoms with Crippen LogP contribution in [0.15, 0.2) is 18.2 Å². The largest absolute Gasteiger partial charge is 0.486 e. The molecule has 1 aromatic rings. The van der Waals surface area contributed by atoms with E-state index >= 15 is 0 Å². The molecule has 2 rings (SSSR count).